The molecule has 6 nitrogen and oxygen atoms in total. The number of hydrogen-bond donors (Lipinski definition) is 1. The Hall–Kier alpha value is -1.69. The van der Waals surface area contributed by atoms with Crippen LogP contribution in [-0.4, -0.2) is 60.5 Å². The van der Waals surface area contributed by atoms with Gasteiger partial charge in [-0.05, 0) is 39.8 Å². The SMILES string of the molecule is CCC1CCCCN1c1cnc(C(=O)NCCN(C)C)cn1. The predicted octanol–water partition coefficient (Wildman–Crippen LogP) is 1.54. The van der Waals surface area contributed by atoms with E-state index in [1.165, 1.54) is 19.3 Å². The van der Waals surface area contributed by atoms with Crippen LogP contribution in [0.25, 0.3) is 0 Å². The van der Waals surface area contributed by atoms with Crippen LogP contribution in [0.4, 0.5) is 5.82 Å². The van der Waals surface area contributed by atoms with Crippen LogP contribution in [0.1, 0.15) is 43.1 Å². The minimum absolute atomic E-state index is 0.161. The number of carbonyl (C=O) groups excluding carboxylic acids is 1. The molecule has 1 saturated heterocycles. The number of nitrogens with one attached hydrogen (secondary N) is 1. The summed E-state index contributed by atoms with van der Waals surface area (Å²) in [6.07, 6.45) is 8.13. The summed E-state index contributed by atoms with van der Waals surface area (Å²) in [6, 6.07) is 0.544. The van der Waals surface area contributed by atoms with Crippen molar-refractivity contribution in [2.45, 2.75) is 38.6 Å². The van der Waals surface area contributed by atoms with E-state index in [4.69, 9.17) is 0 Å². The summed E-state index contributed by atoms with van der Waals surface area (Å²) in [5, 5.41) is 2.85. The molecule has 122 valence electrons. The van der Waals surface area contributed by atoms with E-state index in [9.17, 15) is 4.79 Å². The number of piperidine rings is 1. The topological polar surface area (TPSA) is 61.4 Å². The maximum absolute atomic E-state index is 12.0. The average Bonchev–Trinajstić information content (AvgIpc) is 2.54. The highest BCUT2D eigenvalue weighted by Crippen LogP contribution is 2.24. The van der Waals surface area contributed by atoms with Gasteiger partial charge in [0.15, 0.2) is 0 Å². The van der Waals surface area contributed by atoms with Crippen molar-refractivity contribution in [2.75, 3.05) is 38.6 Å². The van der Waals surface area contributed by atoms with Crippen LogP contribution in [-0.2, 0) is 0 Å². The predicted molar refractivity (Wildman–Crippen MR) is 88.2 cm³/mol. The first-order valence-corrected chi connectivity index (χ1v) is 8.13. The second-order valence-corrected chi connectivity index (χ2v) is 6.07. The molecule has 1 aromatic heterocycles. The number of carbonyl (C=O) groups is 1. The zero-order valence-electron chi connectivity index (χ0n) is 13.9. The molecule has 1 aliphatic heterocycles. The van der Waals surface area contributed by atoms with Crippen LogP contribution in [0.15, 0.2) is 12.4 Å². The van der Waals surface area contributed by atoms with Gasteiger partial charge in [-0.15, -0.1) is 0 Å². The van der Waals surface area contributed by atoms with Crippen molar-refractivity contribution in [3.8, 4) is 0 Å². The minimum atomic E-state index is -0.161. The highest BCUT2D eigenvalue weighted by molar-refractivity contribution is 5.92. The smallest absolute Gasteiger partial charge is 0.271 e. The molecule has 6 heteroatoms. The molecule has 22 heavy (non-hydrogen) atoms. The lowest BCUT2D eigenvalue weighted by atomic mass is 10.0. The largest absolute Gasteiger partial charge is 0.352 e. The number of amides is 1. The number of likely N-dealkylation sites (N-methyl/N-ethyl adjacent to an activating group) is 1. The Morgan fingerprint density at radius 3 is 2.82 bits per heavy atom. The first-order chi connectivity index (χ1) is 10.6. The Bertz CT molecular complexity index is 474. The molecule has 0 aromatic carbocycles. The van der Waals surface area contributed by atoms with Gasteiger partial charge >= 0.3 is 0 Å². The molecule has 0 radical (unpaired) electrons. The molecule has 1 unspecified atom stereocenters. The van der Waals surface area contributed by atoms with Crippen molar-refractivity contribution in [2.24, 2.45) is 0 Å². The lowest BCUT2D eigenvalue weighted by Crippen LogP contribution is -2.39. The van der Waals surface area contributed by atoms with Gasteiger partial charge in [0.2, 0.25) is 0 Å². The fourth-order valence-electron chi connectivity index (χ4n) is 2.80. The van der Waals surface area contributed by atoms with E-state index in [1.54, 1.807) is 12.4 Å². The monoisotopic (exact) mass is 305 g/mol. The van der Waals surface area contributed by atoms with Crippen molar-refractivity contribution in [3.05, 3.63) is 18.1 Å². The molecule has 0 aliphatic carbocycles. The number of nitrogens with zero attached hydrogens (tertiary/aromatic N) is 4. The van der Waals surface area contributed by atoms with Gasteiger partial charge in [0.1, 0.15) is 11.5 Å². The van der Waals surface area contributed by atoms with Gasteiger partial charge in [-0.25, -0.2) is 9.97 Å². The third-order valence-electron chi connectivity index (χ3n) is 4.11. The van der Waals surface area contributed by atoms with Crippen LogP contribution in [0.2, 0.25) is 0 Å². The summed E-state index contributed by atoms with van der Waals surface area (Å²) in [6.45, 7) is 4.66. The van der Waals surface area contributed by atoms with Gasteiger partial charge in [-0.2, -0.15) is 0 Å². The fourth-order valence-corrected chi connectivity index (χ4v) is 2.80. The molecule has 1 atom stereocenters. The third kappa shape index (κ3) is 4.40. The van der Waals surface area contributed by atoms with Crippen LogP contribution in [0.3, 0.4) is 0 Å². The zero-order valence-corrected chi connectivity index (χ0v) is 13.9. The van der Waals surface area contributed by atoms with E-state index >= 15 is 0 Å². The highest BCUT2D eigenvalue weighted by atomic mass is 16.1. The first-order valence-electron chi connectivity index (χ1n) is 8.13. The molecule has 1 aromatic rings. The quantitative estimate of drug-likeness (QED) is 0.864. The Morgan fingerprint density at radius 2 is 2.18 bits per heavy atom. The fraction of sp³-hybridized carbons (Fsp3) is 0.688. The number of anilines is 1. The molecule has 0 saturated carbocycles. The summed E-state index contributed by atoms with van der Waals surface area (Å²) in [5.74, 6) is 0.725. The van der Waals surface area contributed by atoms with E-state index in [2.05, 4.69) is 27.1 Å². The van der Waals surface area contributed by atoms with Crippen LogP contribution < -0.4 is 10.2 Å². The van der Waals surface area contributed by atoms with E-state index in [0.29, 0.717) is 18.3 Å². The van der Waals surface area contributed by atoms with Crippen molar-refractivity contribution in [1.82, 2.24) is 20.2 Å². The van der Waals surface area contributed by atoms with E-state index in [-0.39, 0.29) is 5.91 Å². The van der Waals surface area contributed by atoms with Crippen molar-refractivity contribution in [3.63, 3.8) is 0 Å². The molecule has 1 aliphatic rings. The lowest BCUT2D eigenvalue weighted by molar-refractivity contribution is 0.0945. The van der Waals surface area contributed by atoms with E-state index in [0.717, 1.165) is 25.3 Å². The summed E-state index contributed by atoms with van der Waals surface area (Å²) in [5.41, 5.74) is 0.382. The molecule has 1 N–H and O–H groups in total. The van der Waals surface area contributed by atoms with Crippen molar-refractivity contribution < 1.29 is 4.79 Å². The summed E-state index contributed by atoms with van der Waals surface area (Å²) < 4.78 is 0. The standard InChI is InChI=1S/C16H27N5O/c1-4-13-7-5-6-9-21(13)15-12-18-14(11-19-15)16(22)17-8-10-20(2)3/h11-13H,4-10H2,1-3H3,(H,17,22). The zero-order chi connectivity index (χ0) is 15.9. The Labute approximate surface area is 132 Å². The van der Waals surface area contributed by atoms with Gasteiger partial charge in [0.05, 0.1) is 12.4 Å². The lowest BCUT2D eigenvalue weighted by Gasteiger charge is -2.35. The molecular formula is C16H27N5O. The van der Waals surface area contributed by atoms with Gasteiger partial charge < -0.3 is 15.1 Å². The molecular weight excluding hydrogens is 278 g/mol. The second-order valence-electron chi connectivity index (χ2n) is 6.07. The molecule has 2 rings (SSSR count). The summed E-state index contributed by atoms with van der Waals surface area (Å²) in [4.78, 5) is 25.1. The van der Waals surface area contributed by atoms with Gasteiger partial charge in [-0.3, -0.25) is 4.79 Å². The molecule has 2 heterocycles. The summed E-state index contributed by atoms with van der Waals surface area (Å²) >= 11 is 0. The maximum atomic E-state index is 12.0. The van der Waals surface area contributed by atoms with Crippen molar-refractivity contribution >= 4 is 11.7 Å². The normalized spacial score (nSPS) is 18.5. The number of rotatable bonds is 6. The van der Waals surface area contributed by atoms with Crippen LogP contribution in [0, 0.1) is 0 Å². The van der Waals surface area contributed by atoms with Gasteiger partial charge in [-0.1, -0.05) is 6.92 Å². The third-order valence-corrected chi connectivity index (χ3v) is 4.11. The van der Waals surface area contributed by atoms with E-state index in [1.807, 2.05) is 19.0 Å². The maximum Gasteiger partial charge on any atom is 0.271 e. The van der Waals surface area contributed by atoms with Crippen LogP contribution >= 0.6 is 0 Å². The minimum Gasteiger partial charge on any atom is -0.352 e. The Balaban J connectivity index is 1.95. The van der Waals surface area contributed by atoms with Gasteiger partial charge in [0.25, 0.3) is 5.91 Å². The first kappa shape index (κ1) is 16.7. The number of aromatic nitrogens is 2. The van der Waals surface area contributed by atoms with E-state index < -0.39 is 0 Å². The van der Waals surface area contributed by atoms with Gasteiger partial charge in [0, 0.05) is 25.7 Å². The van der Waals surface area contributed by atoms with Crippen LogP contribution in [0.5, 0.6) is 0 Å². The molecule has 0 bridgehead atoms. The molecule has 0 spiro atoms. The molecule has 1 fully saturated rings. The second kappa shape index (κ2) is 8.08. The van der Waals surface area contributed by atoms with Crippen molar-refractivity contribution in [1.29, 1.82) is 0 Å². The number of hydrogen-bond acceptors (Lipinski definition) is 5. The Morgan fingerprint density at radius 1 is 1.36 bits per heavy atom. The Kier molecular flexibility index (Phi) is 6.12. The highest BCUT2D eigenvalue weighted by Gasteiger charge is 2.22. The summed E-state index contributed by atoms with van der Waals surface area (Å²) in [7, 11) is 3.95. The molecule has 1 amide bonds. The average molecular weight is 305 g/mol.